The van der Waals surface area contributed by atoms with Crippen LogP contribution in [0, 0.1) is 0 Å². The van der Waals surface area contributed by atoms with Crippen LogP contribution in [0.15, 0.2) is 10.4 Å². The molecule has 0 rings (SSSR count). The Hall–Kier alpha value is 0.573. The quantitative estimate of drug-likeness (QED) is 0.414. The maximum absolute atomic E-state index is 5.05. The number of hydrogen-bond acceptors (Lipinski definition) is 0. The van der Waals surface area contributed by atoms with Crippen LogP contribution in [-0.2, 0) is 0 Å². The number of halogens is 1. The molecule has 0 aliphatic carbocycles. The van der Waals surface area contributed by atoms with Crippen LogP contribution in [0.3, 0.4) is 0 Å². The molecule has 4 heavy (non-hydrogen) atoms. The Morgan fingerprint density at radius 2 is 2.00 bits per heavy atom. The van der Waals surface area contributed by atoms with Crippen LogP contribution in [0.4, 0.5) is 0 Å². The molecule has 0 radical (unpaired) electrons. The zero-order chi connectivity index (χ0) is 3.41. The Kier molecular flexibility index (Phi) is 4.08. The van der Waals surface area contributed by atoms with E-state index in [0.29, 0.717) is 0 Å². The Morgan fingerprint density at radius 3 is 2.00 bits per heavy atom. The molecule has 0 saturated carbocycles. The van der Waals surface area contributed by atoms with E-state index in [1.54, 1.807) is 5.54 Å². The second-order valence-corrected chi connectivity index (χ2v) is 2.11. The third-order valence-corrected chi connectivity index (χ3v) is 1.96. The summed E-state index contributed by atoms with van der Waals surface area (Å²) in [5.74, 6) is 0. The van der Waals surface area contributed by atoms with Crippen LogP contribution >= 0.6 is 11.6 Å². The monoisotopic (exact) mass is 138 g/mol. The maximum atomic E-state index is 5.05. The molecular formula is C2H5ClGe. The van der Waals surface area contributed by atoms with Crippen LogP contribution in [0.25, 0.3) is 0 Å². The molecule has 0 unspecified atom stereocenters. The molecule has 0 N–H and O–H groups in total. The molecule has 0 aliphatic rings. The van der Waals surface area contributed by atoms with E-state index in [1.165, 1.54) is 0 Å². The van der Waals surface area contributed by atoms with Crippen molar-refractivity contribution in [3.8, 4) is 0 Å². The summed E-state index contributed by atoms with van der Waals surface area (Å²) in [5, 5.41) is 0. The number of hydrogen-bond donors (Lipinski definition) is 0. The third-order valence-electron chi connectivity index (χ3n) is 0.126. The van der Waals surface area contributed by atoms with Gasteiger partial charge in [0, 0.05) is 0 Å². The van der Waals surface area contributed by atoms with Gasteiger partial charge >= 0.3 is 38.6 Å². The van der Waals surface area contributed by atoms with Crippen LogP contribution < -0.4 is 0 Å². The summed E-state index contributed by atoms with van der Waals surface area (Å²) in [4.78, 5) is 1.95. The van der Waals surface area contributed by atoms with Crippen molar-refractivity contribution in [3.05, 3.63) is 10.4 Å². The molecular weight excluding hydrogens is 132 g/mol. The van der Waals surface area contributed by atoms with Gasteiger partial charge in [-0.2, -0.15) is 0 Å². The van der Waals surface area contributed by atoms with Crippen molar-refractivity contribution < 1.29 is 0 Å². The van der Waals surface area contributed by atoms with Gasteiger partial charge in [-0.25, -0.2) is 0 Å². The van der Waals surface area contributed by atoms with Gasteiger partial charge in [0.25, 0.3) is 0 Å². The van der Waals surface area contributed by atoms with Gasteiger partial charge < -0.3 is 0 Å². The summed E-state index contributed by atoms with van der Waals surface area (Å²) in [6.45, 7) is 0. The molecule has 0 heterocycles. The molecule has 24 valence electrons. The summed E-state index contributed by atoms with van der Waals surface area (Å²) in [6, 6.07) is 0. The van der Waals surface area contributed by atoms with Gasteiger partial charge in [-0.15, -0.1) is 0 Å². The fourth-order valence-corrected chi connectivity index (χ4v) is 0. The van der Waals surface area contributed by atoms with Crippen LogP contribution in [0.2, 0.25) is 0 Å². The predicted octanol–water partition coefficient (Wildman–Crippen LogP) is 0.0618. The molecule has 0 aliphatic heterocycles. The summed E-state index contributed by atoms with van der Waals surface area (Å²) in [7, 11) is 0. The minimum absolute atomic E-state index is 0.800. The molecule has 0 bridgehead atoms. The average Bonchev–Trinajstić information content (AvgIpc) is 1.37. The van der Waals surface area contributed by atoms with Crippen molar-refractivity contribution in [2.75, 3.05) is 0 Å². The summed E-state index contributed by atoms with van der Waals surface area (Å²) >= 11 is 5.85. The molecule has 0 amide bonds. The van der Waals surface area contributed by atoms with E-state index in [2.05, 4.69) is 0 Å². The zero-order valence-electron chi connectivity index (χ0n) is 2.53. The van der Waals surface area contributed by atoms with Gasteiger partial charge in [-0.3, -0.25) is 0 Å². The fraction of sp³-hybridized carbons (Fsp3) is 0. The van der Waals surface area contributed by atoms with E-state index in [1.807, 2.05) is 4.91 Å². The van der Waals surface area contributed by atoms with Crippen molar-refractivity contribution in [2.45, 2.75) is 0 Å². The van der Waals surface area contributed by atoms with Gasteiger partial charge in [-0.1, -0.05) is 0 Å². The van der Waals surface area contributed by atoms with Crippen LogP contribution in [0.1, 0.15) is 0 Å². The molecule has 0 nitrogen and oxygen atoms in total. The van der Waals surface area contributed by atoms with Crippen molar-refractivity contribution in [1.82, 2.24) is 0 Å². The first kappa shape index (κ1) is 4.57. The SMILES string of the molecule is ClC=[CH][GeH3]. The van der Waals surface area contributed by atoms with E-state index in [0.717, 1.165) is 16.5 Å². The molecule has 0 spiro atoms. The Morgan fingerprint density at radius 1 is 1.75 bits per heavy atom. The first-order valence-corrected chi connectivity index (χ1v) is 3.99. The minimum atomic E-state index is 0.800. The van der Waals surface area contributed by atoms with E-state index in [9.17, 15) is 0 Å². The topological polar surface area (TPSA) is 0 Å². The van der Waals surface area contributed by atoms with Gasteiger partial charge in [0.1, 0.15) is 0 Å². The van der Waals surface area contributed by atoms with Crippen LogP contribution in [-0.4, -0.2) is 16.5 Å². The molecule has 0 aromatic heterocycles. The van der Waals surface area contributed by atoms with Crippen molar-refractivity contribution >= 4 is 28.1 Å². The Balaban J connectivity index is 2.55. The van der Waals surface area contributed by atoms with E-state index >= 15 is 0 Å². The second kappa shape index (κ2) is 3.57. The van der Waals surface area contributed by atoms with Crippen LogP contribution in [0.5, 0.6) is 0 Å². The van der Waals surface area contributed by atoms with Crippen molar-refractivity contribution in [2.24, 2.45) is 0 Å². The number of rotatable bonds is 0. The predicted molar refractivity (Wildman–Crippen MR) is 24.9 cm³/mol. The van der Waals surface area contributed by atoms with Gasteiger partial charge in [0.05, 0.1) is 0 Å². The molecule has 0 saturated heterocycles. The summed E-state index contributed by atoms with van der Waals surface area (Å²) in [6.07, 6.45) is 0. The third kappa shape index (κ3) is 2.57. The Bertz CT molecular complexity index is 21.2. The fourth-order valence-electron chi connectivity index (χ4n) is 0. The molecule has 0 atom stereocenters. The summed E-state index contributed by atoms with van der Waals surface area (Å²) < 4.78 is 0. The molecule has 0 aromatic rings. The Labute approximate surface area is 39.1 Å². The van der Waals surface area contributed by atoms with Gasteiger partial charge in [0.2, 0.25) is 0 Å². The van der Waals surface area contributed by atoms with E-state index in [-0.39, 0.29) is 0 Å². The molecule has 2 heteroatoms. The van der Waals surface area contributed by atoms with E-state index < -0.39 is 0 Å². The van der Waals surface area contributed by atoms with Crippen molar-refractivity contribution in [1.29, 1.82) is 0 Å². The summed E-state index contributed by atoms with van der Waals surface area (Å²) in [5.41, 5.74) is 1.56. The van der Waals surface area contributed by atoms with Crippen molar-refractivity contribution in [3.63, 3.8) is 0 Å². The first-order valence-electron chi connectivity index (χ1n) is 1.13. The van der Waals surface area contributed by atoms with Gasteiger partial charge in [0.15, 0.2) is 0 Å². The second-order valence-electron chi connectivity index (χ2n) is 0.459. The molecule has 0 aromatic carbocycles. The standard InChI is InChI=1S/C2H5ClGe/c3-1-2-4/h1-2H,4H3. The zero-order valence-corrected chi connectivity index (χ0v) is 7.48. The van der Waals surface area contributed by atoms with E-state index in [4.69, 9.17) is 11.6 Å². The first-order chi connectivity index (χ1) is 1.91. The normalized spacial score (nSPS) is 10.2. The average molecular weight is 137 g/mol. The molecule has 0 fully saturated rings. The van der Waals surface area contributed by atoms with Gasteiger partial charge in [-0.05, 0) is 0 Å².